The van der Waals surface area contributed by atoms with Crippen molar-refractivity contribution in [1.29, 1.82) is 0 Å². The zero-order chi connectivity index (χ0) is 15.1. The molecule has 4 nitrogen and oxygen atoms in total. The van der Waals surface area contributed by atoms with Crippen LogP contribution in [0.4, 0.5) is 11.4 Å². The van der Waals surface area contributed by atoms with Gasteiger partial charge in [-0.3, -0.25) is 0 Å². The monoisotopic (exact) mass is 293 g/mol. The molecule has 0 aliphatic carbocycles. The van der Waals surface area contributed by atoms with Crippen LogP contribution in [0, 0.1) is 0 Å². The minimum absolute atomic E-state index is 0.0139. The van der Waals surface area contributed by atoms with Gasteiger partial charge in [-0.1, -0.05) is 42.5 Å². The standard InChI is InChI=1S/C18H19N3O/c1-21-14-11-7-6-10-13(14)19-17-16(21)15(18(20-17)22-2)12-8-4-3-5-9-12/h3-11,15-17,19H,1-2H3/t15-,16+,17+/m1/s1. The van der Waals surface area contributed by atoms with E-state index in [0.717, 1.165) is 11.6 Å². The molecule has 0 saturated carbocycles. The minimum Gasteiger partial charge on any atom is -0.484 e. The van der Waals surface area contributed by atoms with Gasteiger partial charge in [-0.2, -0.15) is 0 Å². The number of methoxy groups -OCH3 is 1. The van der Waals surface area contributed by atoms with Crippen molar-refractivity contribution in [3.8, 4) is 0 Å². The highest BCUT2D eigenvalue weighted by Crippen LogP contribution is 2.42. The van der Waals surface area contributed by atoms with Gasteiger partial charge in [0.2, 0.25) is 0 Å². The molecule has 0 unspecified atom stereocenters. The number of hydrogen-bond acceptors (Lipinski definition) is 4. The van der Waals surface area contributed by atoms with Crippen molar-refractivity contribution in [3.63, 3.8) is 0 Å². The minimum atomic E-state index is 0.0139. The van der Waals surface area contributed by atoms with Crippen LogP contribution in [-0.4, -0.2) is 32.3 Å². The zero-order valence-corrected chi connectivity index (χ0v) is 12.7. The normalized spacial score (nSPS) is 25.8. The number of nitrogens with one attached hydrogen (secondary N) is 1. The van der Waals surface area contributed by atoms with E-state index >= 15 is 0 Å². The lowest BCUT2D eigenvalue weighted by Gasteiger charge is -2.40. The first-order valence-electron chi connectivity index (χ1n) is 7.54. The molecule has 0 aromatic heterocycles. The first-order chi connectivity index (χ1) is 10.8. The van der Waals surface area contributed by atoms with Crippen LogP contribution < -0.4 is 10.2 Å². The summed E-state index contributed by atoms with van der Waals surface area (Å²) in [5.74, 6) is 0.940. The average molecular weight is 293 g/mol. The van der Waals surface area contributed by atoms with E-state index in [4.69, 9.17) is 9.73 Å². The Labute approximate surface area is 130 Å². The van der Waals surface area contributed by atoms with Crippen LogP contribution in [0.3, 0.4) is 0 Å². The second-order valence-corrected chi connectivity index (χ2v) is 5.77. The molecule has 1 N–H and O–H groups in total. The highest BCUT2D eigenvalue weighted by molar-refractivity contribution is 5.90. The van der Waals surface area contributed by atoms with Crippen molar-refractivity contribution in [3.05, 3.63) is 60.2 Å². The number of likely N-dealkylation sites (N-methyl/N-ethyl adjacent to an activating group) is 1. The number of ether oxygens (including phenoxy) is 1. The van der Waals surface area contributed by atoms with E-state index in [9.17, 15) is 0 Å². The molecular weight excluding hydrogens is 274 g/mol. The Morgan fingerprint density at radius 3 is 2.55 bits per heavy atom. The van der Waals surface area contributed by atoms with Crippen LogP contribution in [0.15, 0.2) is 59.6 Å². The van der Waals surface area contributed by atoms with E-state index < -0.39 is 0 Å². The fourth-order valence-electron chi connectivity index (χ4n) is 3.58. The van der Waals surface area contributed by atoms with Crippen LogP contribution in [-0.2, 0) is 4.74 Å². The lowest BCUT2D eigenvalue weighted by Crippen LogP contribution is -2.49. The summed E-state index contributed by atoms with van der Waals surface area (Å²) >= 11 is 0. The summed E-state index contributed by atoms with van der Waals surface area (Å²) in [6.07, 6.45) is 0.0139. The van der Waals surface area contributed by atoms with Gasteiger partial charge in [-0.05, 0) is 17.7 Å². The highest BCUT2D eigenvalue weighted by Gasteiger charge is 2.46. The van der Waals surface area contributed by atoms with E-state index in [0.29, 0.717) is 0 Å². The third kappa shape index (κ3) is 1.87. The van der Waals surface area contributed by atoms with E-state index in [1.807, 2.05) is 12.1 Å². The summed E-state index contributed by atoms with van der Waals surface area (Å²) in [6.45, 7) is 0. The molecule has 0 radical (unpaired) electrons. The zero-order valence-electron chi connectivity index (χ0n) is 12.7. The highest BCUT2D eigenvalue weighted by atomic mass is 16.5. The van der Waals surface area contributed by atoms with E-state index in [2.05, 4.69) is 59.7 Å². The molecule has 2 aromatic rings. The molecule has 0 fully saturated rings. The number of hydrogen-bond donors (Lipinski definition) is 1. The molecule has 4 heteroatoms. The Balaban J connectivity index is 1.79. The Hall–Kier alpha value is -2.49. The molecule has 4 rings (SSSR count). The SMILES string of the molecule is COC1=N[C@@H]2Nc3ccccc3N(C)[C@H]2[C@H]1c1ccccc1. The topological polar surface area (TPSA) is 36.9 Å². The molecule has 2 aromatic carbocycles. The number of fused-ring (bicyclic) bond motifs is 2. The lowest BCUT2D eigenvalue weighted by atomic mass is 9.89. The van der Waals surface area contributed by atoms with Gasteiger partial charge in [0.15, 0.2) is 5.90 Å². The maximum atomic E-state index is 5.60. The molecule has 0 bridgehead atoms. The van der Waals surface area contributed by atoms with Crippen LogP contribution in [0.2, 0.25) is 0 Å². The lowest BCUT2D eigenvalue weighted by molar-refractivity contribution is 0.383. The maximum Gasteiger partial charge on any atom is 0.195 e. The molecular formula is C18H19N3O. The van der Waals surface area contributed by atoms with Crippen molar-refractivity contribution in [2.45, 2.75) is 18.1 Å². The van der Waals surface area contributed by atoms with Gasteiger partial charge in [0.1, 0.15) is 6.17 Å². The van der Waals surface area contributed by atoms with Crippen LogP contribution in [0.5, 0.6) is 0 Å². The Bertz CT molecular complexity index is 713. The van der Waals surface area contributed by atoms with Crippen molar-refractivity contribution in [2.24, 2.45) is 4.99 Å². The molecule has 0 saturated heterocycles. The Morgan fingerprint density at radius 1 is 1.05 bits per heavy atom. The van der Waals surface area contributed by atoms with Gasteiger partial charge >= 0.3 is 0 Å². The van der Waals surface area contributed by atoms with E-state index in [-0.39, 0.29) is 18.1 Å². The maximum absolute atomic E-state index is 5.60. The second-order valence-electron chi connectivity index (χ2n) is 5.77. The molecule has 22 heavy (non-hydrogen) atoms. The van der Waals surface area contributed by atoms with Gasteiger partial charge in [-0.15, -0.1) is 0 Å². The van der Waals surface area contributed by atoms with Gasteiger partial charge in [0.05, 0.1) is 30.4 Å². The molecule has 0 amide bonds. The summed E-state index contributed by atoms with van der Waals surface area (Å²) in [5, 5.41) is 3.54. The van der Waals surface area contributed by atoms with E-state index in [1.54, 1.807) is 7.11 Å². The Kier molecular flexibility index (Phi) is 3.03. The molecule has 0 spiro atoms. The molecule has 3 atom stereocenters. The van der Waals surface area contributed by atoms with Crippen molar-refractivity contribution < 1.29 is 4.74 Å². The van der Waals surface area contributed by atoms with Crippen LogP contribution in [0.1, 0.15) is 11.5 Å². The van der Waals surface area contributed by atoms with Gasteiger partial charge in [0, 0.05) is 7.05 Å². The summed E-state index contributed by atoms with van der Waals surface area (Å²) in [6, 6.07) is 19.0. The smallest absolute Gasteiger partial charge is 0.195 e. The summed E-state index contributed by atoms with van der Waals surface area (Å²) in [4.78, 5) is 7.10. The average Bonchev–Trinajstić information content (AvgIpc) is 2.94. The van der Waals surface area contributed by atoms with Gasteiger partial charge in [-0.25, -0.2) is 4.99 Å². The number of aliphatic imine (C=N–C) groups is 1. The van der Waals surface area contributed by atoms with Gasteiger partial charge in [0.25, 0.3) is 0 Å². The fourth-order valence-corrected chi connectivity index (χ4v) is 3.58. The fraction of sp³-hybridized carbons (Fsp3) is 0.278. The van der Waals surface area contributed by atoms with Crippen molar-refractivity contribution in [2.75, 3.05) is 24.4 Å². The van der Waals surface area contributed by atoms with Crippen molar-refractivity contribution >= 4 is 17.3 Å². The van der Waals surface area contributed by atoms with Gasteiger partial charge < -0.3 is 15.0 Å². The summed E-state index contributed by atoms with van der Waals surface area (Å²) < 4.78 is 5.60. The number of rotatable bonds is 1. The first kappa shape index (κ1) is 13.2. The third-order valence-corrected chi connectivity index (χ3v) is 4.60. The predicted octanol–water partition coefficient (Wildman–Crippen LogP) is 3.09. The van der Waals surface area contributed by atoms with Crippen molar-refractivity contribution in [1.82, 2.24) is 0 Å². The molecule has 2 heterocycles. The third-order valence-electron chi connectivity index (χ3n) is 4.60. The second kappa shape index (κ2) is 5.05. The molecule has 2 aliphatic heterocycles. The molecule has 2 aliphatic rings. The Morgan fingerprint density at radius 2 is 1.77 bits per heavy atom. The van der Waals surface area contributed by atoms with Crippen LogP contribution in [0.25, 0.3) is 0 Å². The van der Waals surface area contributed by atoms with Crippen LogP contribution >= 0.6 is 0 Å². The number of para-hydroxylation sites is 2. The number of anilines is 2. The first-order valence-corrected chi connectivity index (χ1v) is 7.54. The summed E-state index contributed by atoms with van der Waals surface area (Å²) in [7, 11) is 3.85. The number of nitrogens with zero attached hydrogens (tertiary/aromatic N) is 2. The predicted molar refractivity (Wildman–Crippen MR) is 89.7 cm³/mol. The van der Waals surface area contributed by atoms with E-state index in [1.165, 1.54) is 11.3 Å². The number of benzene rings is 2. The molecule has 112 valence electrons. The quantitative estimate of drug-likeness (QED) is 0.878. The largest absolute Gasteiger partial charge is 0.484 e. The summed E-state index contributed by atoms with van der Waals surface area (Å²) in [5.41, 5.74) is 3.57.